The molecule has 1 saturated heterocycles. The zero-order valence-corrected chi connectivity index (χ0v) is 12.4. The van der Waals surface area contributed by atoms with Crippen LogP contribution in [0.3, 0.4) is 0 Å². The van der Waals surface area contributed by atoms with E-state index in [1.807, 2.05) is 6.92 Å². The smallest absolute Gasteiger partial charge is 0.233 e. The van der Waals surface area contributed by atoms with Crippen LogP contribution in [0.4, 0.5) is 0 Å². The molecule has 0 bridgehead atoms. The van der Waals surface area contributed by atoms with E-state index in [1.165, 1.54) is 4.31 Å². The number of halogens is 1. The zero-order chi connectivity index (χ0) is 12.6. The van der Waals surface area contributed by atoms with Crippen molar-refractivity contribution in [2.75, 3.05) is 32.1 Å². The minimum absolute atomic E-state index is 0.0819. The summed E-state index contributed by atoms with van der Waals surface area (Å²) in [5.41, 5.74) is 2.08. The van der Waals surface area contributed by atoms with E-state index >= 15 is 0 Å². The number of aliphatic hydroxyl groups is 1. The van der Waals surface area contributed by atoms with Crippen molar-refractivity contribution in [3.8, 4) is 0 Å². The summed E-state index contributed by atoms with van der Waals surface area (Å²) in [6, 6.07) is 0. The van der Waals surface area contributed by atoms with E-state index in [9.17, 15) is 8.42 Å². The molecule has 0 aliphatic carbocycles. The number of β-amino-alcohol motifs (C(OH)–C–C–N with tert-alkyl or cyclic N) is 1. The monoisotopic (exact) mass is 371 g/mol. The van der Waals surface area contributed by atoms with Gasteiger partial charge in [-0.05, 0) is 35.1 Å². The van der Waals surface area contributed by atoms with Gasteiger partial charge in [0.1, 0.15) is 5.88 Å². The molecule has 0 aromatic rings. The summed E-state index contributed by atoms with van der Waals surface area (Å²) in [6.07, 6.45) is 0. The molecule has 1 N–H and O–H groups in total. The van der Waals surface area contributed by atoms with Crippen molar-refractivity contribution < 1.29 is 13.5 Å². The van der Waals surface area contributed by atoms with Crippen molar-refractivity contribution in [2.24, 2.45) is 4.99 Å². The van der Waals surface area contributed by atoms with Crippen LogP contribution in [0.25, 0.3) is 0 Å². The van der Waals surface area contributed by atoms with Crippen molar-refractivity contribution in [3.63, 3.8) is 0 Å². The van der Waals surface area contributed by atoms with Crippen LogP contribution < -0.4 is 0 Å². The van der Waals surface area contributed by atoms with Gasteiger partial charge in [0.2, 0.25) is 10.0 Å². The maximum atomic E-state index is 12.0. The maximum Gasteiger partial charge on any atom is 0.233 e. The first-order chi connectivity index (χ1) is 7.95. The summed E-state index contributed by atoms with van der Waals surface area (Å²) in [5.74, 6) is -0.0819. The number of nitrogens with zero attached hydrogens (tertiary/aromatic N) is 3. The third-order valence-electron chi connectivity index (χ3n) is 2.85. The summed E-state index contributed by atoms with van der Waals surface area (Å²) in [4.78, 5) is 6.01. The molecule has 0 spiro atoms. The van der Waals surface area contributed by atoms with Gasteiger partial charge in [-0.2, -0.15) is 4.31 Å². The quantitative estimate of drug-likeness (QED) is 0.546. The first-order valence-corrected chi connectivity index (χ1v) is 7.89. The van der Waals surface area contributed by atoms with E-state index in [1.54, 1.807) is 4.90 Å². The van der Waals surface area contributed by atoms with Gasteiger partial charge in [-0.3, -0.25) is 4.99 Å². The third-order valence-corrected chi connectivity index (χ3v) is 5.46. The number of aliphatic imine (C=N–C) groups is 1. The van der Waals surface area contributed by atoms with Gasteiger partial charge in [0.05, 0.1) is 19.7 Å². The van der Waals surface area contributed by atoms with Gasteiger partial charge in [-0.25, -0.2) is 8.42 Å². The molecule has 17 heavy (non-hydrogen) atoms. The second-order valence-corrected chi connectivity index (χ2v) is 6.94. The number of hydrogen-bond acceptors (Lipinski definition) is 5. The van der Waals surface area contributed by atoms with E-state index in [4.69, 9.17) is 5.11 Å². The highest BCUT2D eigenvalue weighted by atomic mass is 127. The summed E-state index contributed by atoms with van der Waals surface area (Å²) in [7, 11) is -3.33. The van der Waals surface area contributed by atoms with E-state index in [0.29, 0.717) is 13.1 Å². The molecule has 1 fully saturated rings. The van der Waals surface area contributed by atoms with Crippen molar-refractivity contribution in [1.82, 2.24) is 9.21 Å². The number of sulfonamides is 1. The van der Waals surface area contributed by atoms with Gasteiger partial charge in [-0.1, -0.05) is 0 Å². The summed E-state index contributed by atoms with van der Waals surface area (Å²) in [6.45, 7) is 2.91. The first-order valence-electron chi connectivity index (χ1n) is 5.20. The van der Waals surface area contributed by atoms with Crippen LogP contribution in [0.1, 0.15) is 6.92 Å². The topological polar surface area (TPSA) is 73.2 Å². The second-order valence-electron chi connectivity index (χ2n) is 4.04. The Bertz CT molecular complexity index is 486. The van der Waals surface area contributed by atoms with Gasteiger partial charge < -0.3 is 10.0 Å². The fraction of sp³-hybridized carbons (Fsp3) is 0.667. The fourth-order valence-electron chi connectivity index (χ4n) is 1.89. The van der Waals surface area contributed by atoms with Gasteiger partial charge in [-0.15, -0.1) is 0 Å². The molecule has 0 amide bonds. The molecule has 2 aliphatic heterocycles. The summed E-state index contributed by atoms with van der Waals surface area (Å²) in [5, 5.41) is 8.90. The Labute approximate surface area is 114 Å². The van der Waals surface area contributed by atoms with Crippen LogP contribution >= 0.6 is 22.6 Å². The molecule has 2 rings (SSSR count). The number of fused-ring (bicyclic) bond motifs is 1. The normalized spacial score (nSPS) is 24.6. The van der Waals surface area contributed by atoms with Gasteiger partial charge >= 0.3 is 0 Å². The molecule has 2 aliphatic rings. The highest BCUT2D eigenvalue weighted by Crippen LogP contribution is 2.27. The molecule has 0 aromatic heterocycles. The molecule has 0 radical (unpaired) electrons. The molecule has 0 atom stereocenters. The number of amidine groups is 1. The molecule has 96 valence electrons. The van der Waals surface area contributed by atoms with Crippen LogP contribution in [0.5, 0.6) is 0 Å². The third kappa shape index (κ3) is 2.49. The zero-order valence-electron chi connectivity index (χ0n) is 9.43. The Morgan fingerprint density at radius 2 is 2.24 bits per heavy atom. The van der Waals surface area contributed by atoms with Gasteiger partial charge in [0.25, 0.3) is 0 Å². The predicted octanol–water partition coefficient (Wildman–Crippen LogP) is -0.0378. The lowest BCUT2D eigenvalue weighted by atomic mass is 10.2. The Kier molecular flexibility index (Phi) is 3.76. The summed E-state index contributed by atoms with van der Waals surface area (Å²) >= 11 is 2.06. The van der Waals surface area contributed by atoms with E-state index in [0.717, 1.165) is 15.1 Å². The average molecular weight is 371 g/mol. The number of aliphatic hydroxyl groups excluding tert-OH is 1. The Hall–Kier alpha value is -0.190. The summed E-state index contributed by atoms with van der Waals surface area (Å²) < 4.78 is 26.0. The standard InChI is InChI=1S/C9H14IN3O3S/c1-7-4-11-9(10)13-6-17(15,16)12(2-3-14)5-8(7)13/h14H,2-6H2,1H3. The molecule has 8 heteroatoms. The van der Waals surface area contributed by atoms with Crippen LogP contribution in [-0.4, -0.2) is 58.7 Å². The molecular weight excluding hydrogens is 357 g/mol. The predicted molar refractivity (Wildman–Crippen MR) is 73.3 cm³/mol. The maximum absolute atomic E-state index is 12.0. The van der Waals surface area contributed by atoms with Crippen molar-refractivity contribution in [1.29, 1.82) is 0 Å². The highest BCUT2D eigenvalue weighted by Gasteiger charge is 2.36. The molecule has 6 nitrogen and oxygen atoms in total. The Balaban J connectivity index is 2.33. The van der Waals surface area contributed by atoms with Crippen molar-refractivity contribution in [2.45, 2.75) is 6.92 Å². The van der Waals surface area contributed by atoms with E-state index in [-0.39, 0.29) is 19.0 Å². The first kappa shape index (κ1) is 13.2. The van der Waals surface area contributed by atoms with E-state index in [2.05, 4.69) is 27.6 Å². The Morgan fingerprint density at radius 3 is 2.88 bits per heavy atom. The lowest BCUT2D eigenvalue weighted by molar-refractivity contribution is 0.247. The van der Waals surface area contributed by atoms with Crippen LogP contribution in [0.15, 0.2) is 16.3 Å². The molecule has 0 unspecified atom stereocenters. The Morgan fingerprint density at radius 1 is 1.53 bits per heavy atom. The van der Waals surface area contributed by atoms with Crippen molar-refractivity contribution >= 4 is 36.5 Å². The lowest BCUT2D eigenvalue weighted by Gasteiger charge is -2.39. The molecule has 2 heterocycles. The average Bonchev–Trinajstić information content (AvgIpc) is 2.26. The number of rotatable bonds is 2. The van der Waals surface area contributed by atoms with E-state index < -0.39 is 10.0 Å². The number of hydrogen-bond donors (Lipinski definition) is 1. The minimum Gasteiger partial charge on any atom is -0.395 e. The lowest BCUT2D eigenvalue weighted by Crippen LogP contribution is -2.51. The largest absolute Gasteiger partial charge is 0.395 e. The van der Waals surface area contributed by atoms with Gasteiger partial charge in [0, 0.05) is 12.2 Å². The van der Waals surface area contributed by atoms with Crippen LogP contribution in [-0.2, 0) is 10.0 Å². The molecule has 0 aromatic carbocycles. The van der Waals surface area contributed by atoms with Crippen molar-refractivity contribution in [3.05, 3.63) is 11.3 Å². The fourth-order valence-corrected chi connectivity index (χ4v) is 4.20. The highest BCUT2D eigenvalue weighted by molar-refractivity contribution is 14.1. The van der Waals surface area contributed by atoms with Crippen LogP contribution in [0.2, 0.25) is 0 Å². The minimum atomic E-state index is -3.33. The molecule has 0 saturated carbocycles. The molecular formula is C9H14IN3O3S. The van der Waals surface area contributed by atoms with Crippen LogP contribution in [0, 0.1) is 0 Å². The SMILES string of the molecule is CC1=C2CN(CCO)S(=O)(=O)CN2C(I)=NC1. The second kappa shape index (κ2) is 4.82. The van der Waals surface area contributed by atoms with Gasteiger partial charge in [0.15, 0.2) is 3.84 Å².